The number of nitrogens with one attached hydrogen (secondary N) is 1. The summed E-state index contributed by atoms with van der Waals surface area (Å²) in [4.78, 5) is 2.07. The molecule has 0 spiro atoms. The van der Waals surface area contributed by atoms with E-state index in [1.54, 1.807) is 6.07 Å². The summed E-state index contributed by atoms with van der Waals surface area (Å²) in [7, 11) is 4.03. The second-order valence-corrected chi connectivity index (χ2v) is 8.01. The van der Waals surface area contributed by atoms with Gasteiger partial charge in [-0.1, -0.05) is 37.2 Å². The lowest BCUT2D eigenvalue weighted by Crippen LogP contribution is -2.57. The van der Waals surface area contributed by atoms with Crippen LogP contribution in [0.1, 0.15) is 37.3 Å². The van der Waals surface area contributed by atoms with Crippen LogP contribution in [0, 0.1) is 17.2 Å². The Morgan fingerprint density at radius 3 is 2.76 bits per heavy atom. The average molecular weight is 345 g/mol. The van der Waals surface area contributed by atoms with E-state index < -0.39 is 0 Å². The van der Waals surface area contributed by atoms with Gasteiger partial charge >= 0.3 is 0 Å². The normalized spacial score (nSPS) is 22.2. The largest absolute Gasteiger partial charge is 0.360 e. The number of halogens is 1. The molecule has 3 rings (SSSR count). The zero-order valence-electron chi connectivity index (χ0n) is 15.6. The molecule has 25 heavy (non-hydrogen) atoms. The first-order valence-electron chi connectivity index (χ1n) is 8.92. The predicted octanol–water partition coefficient (Wildman–Crippen LogP) is 3.62. The first kappa shape index (κ1) is 18.1. The van der Waals surface area contributed by atoms with Crippen LogP contribution in [0.25, 0.3) is 0 Å². The zero-order valence-corrected chi connectivity index (χ0v) is 15.6. The minimum atomic E-state index is -0.139. The maximum absolute atomic E-state index is 13.7. The van der Waals surface area contributed by atoms with Crippen molar-refractivity contribution in [2.45, 2.75) is 45.8 Å². The average Bonchev–Trinajstić information content (AvgIpc) is 2.98. The summed E-state index contributed by atoms with van der Waals surface area (Å²) in [6.45, 7) is 5.90. The Bertz CT molecular complexity index is 710. The van der Waals surface area contributed by atoms with Crippen molar-refractivity contribution in [2.75, 3.05) is 14.1 Å². The lowest BCUT2D eigenvalue weighted by molar-refractivity contribution is 0.0123. The van der Waals surface area contributed by atoms with Crippen LogP contribution in [0.15, 0.2) is 34.9 Å². The molecular formula is C20H28FN3O. The summed E-state index contributed by atoms with van der Waals surface area (Å²) in [6.07, 6.45) is 2.01. The third-order valence-electron chi connectivity index (χ3n) is 5.50. The van der Waals surface area contributed by atoms with Crippen LogP contribution in [-0.2, 0) is 19.5 Å². The molecule has 0 amide bonds. The number of rotatable bonds is 7. The SMILES string of the molecule is CN(C)Cc1cc(C[C@@H]2C[C@H](NCc3ccccc3F)C2(C)C)no1. The molecule has 1 aromatic heterocycles. The highest BCUT2D eigenvalue weighted by Crippen LogP contribution is 2.47. The van der Waals surface area contributed by atoms with Gasteiger partial charge in [-0.3, -0.25) is 0 Å². The molecule has 0 radical (unpaired) electrons. The van der Waals surface area contributed by atoms with Gasteiger partial charge in [0.2, 0.25) is 0 Å². The van der Waals surface area contributed by atoms with Gasteiger partial charge in [-0.25, -0.2) is 4.39 Å². The van der Waals surface area contributed by atoms with Crippen molar-refractivity contribution in [3.8, 4) is 0 Å². The summed E-state index contributed by atoms with van der Waals surface area (Å²) in [6, 6.07) is 9.42. The van der Waals surface area contributed by atoms with Crippen LogP contribution in [-0.4, -0.2) is 30.2 Å². The molecule has 2 aromatic rings. The monoisotopic (exact) mass is 345 g/mol. The minimum Gasteiger partial charge on any atom is -0.360 e. The zero-order chi connectivity index (χ0) is 18.0. The molecule has 5 heteroatoms. The van der Waals surface area contributed by atoms with E-state index in [4.69, 9.17) is 4.52 Å². The lowest BCUT2D eigenvalue weighted by Gasteiger charge is -2.52. The highest BCUT2D eigenvalue weighted by atomic mass is 19.1. The van der Waals surface area contributed by atoms with Crippen molar-refractivity contribution >= 4 is 0 Å². The molecule has 1 N–H and O–H groups in total. The van der Waals surface area contributed by atoms with Gasteiger partial charge in [0.25, 0.3) is 0 Å². The fourth-order valence-electron chi connectivity index (χ4n) is 3.67. The summed E-state index contributed by atoms with van der Waals surface area (Å²) in [5.41, 5.74) is 1.92. The molecule has 0 bridgehead atoms. The van der Waals surface area contributed by atoms with Crippen LogP contribution in [0.4, 0.5) is 4.39 Å². The van der Waals surface area contributed by atoms with Gasteiger partial charge in [-0.15, -0.1) is 0 Å². The van der Waals surface area contributed by atoms with E-state index in [0.29, 0.717) is 18.5 Å². The molecule has 136 valence electrons. The Labute approximate surface area is 149 Å². The van der Waals surface area contributed by atoms with E-state index >= 15 is 0 Å². The molecule has 1 aliphatic carbocycles. The molecule has 0 unspecified atom stereocenters. The molecule has 1 aromatic carbocycles. The smallest absolute Gasteiger partial charge is 0.150 e. The molecular weight excluding hydrogens is 317 g/mol. The second kappa shape index (κ2) is 7.26. The summed E-state index contributed by atoms with van der Waals surface area (Å²) >= 11 is 0. The quantitative estimate of drug-likeness (QED) is 0.832. The highest BCUT2D eigenvalue weighted by Gasteiger charge is 2.47. The molecule has 1 saturated carbocycles. The van der Waals surface area contributed by atoms with Gasteiger partial charge in [-0.05, 0) is 44.3 Å². The van der Waals surface area contributed by atoms with E-state index in [2.05, 4.69) is 35.3 Å². The van der Waals surface area contributed by atoms with Crippen molar-refractivity contribution in [1.29, 1.82) is 0 Å². The van der Waals surface area contributed by atoms with Crippen molar-refractivity contribution in [1.82, 2.24) is 15.4 Å². The number of aromatic nitrogens is 1. The van der Waals surface area contributed by atoms with E-state index in [1.165, 1.54) is 6.07 Å². The lowest BCUT2D eigenvalue weighted by atomic mass is 9.57. The summed E-state index contributed by atoms with van der Waals surface area (Å²) < 4.78 is 19.2. The Morgan fingerprint density at radius 1 is 1.32 bits per heavy atom. The Hall–Kier alpha value is -1.72. The van der Waals surface area contributed by atoms with E-state index in [0.717, 1.165) is 36.4 Å². The van der Waals surface area contributed by atoms with E-state index in [9.17, 15) is 4.39 Å². The topological polar surface area (TPSA) is 41.3 Å². The molecule has 4 nitrogen and oxygen atoms in total. The van der Waals surface area contributed by atoms with Crippen molar-refractivity contribution in [3.05, 3.63) is 53.2 Å². The van der Waals surface area contributed by atoms with Crippen LogP contribution >= 0.6 is 0 Å². The predicted molar refractivity (Wildman–Crippen MR) is 96.5 cm³/mol. The van der Waals surface area contributed by atoms with Crippen molar-refractivity contribution < 1.29 is 8.91 Å². The maximum Gasteiger partial charge on any atom is 0.150 e. The second-order valence-electron chi connectivity index (χ2n) is 8.01. The minimum absolute atomic E-state index is 0.139. The van der Waals surface area contributed by atoms with Gasteiger partial charge in [0.15, 0.2) is 5.76 Å². The van der Waals surface area contributed by atoms with Gasteiger partial charge < -0.3 is 14.7 Å². The van der Waals surface area contributed by atoms with Gasteiger partial charge in [0.1, 0.15) is 5.82 Å². The Morgan fingerprint density at radius 2 is 2.08 bits per heavy atom. The van der Waals surface area contributed by atoms with Crippen LogP contribution < -0.4 is 5.32 Å². The van der Waals surface area contributed by atoms with E-state index in [-0.39, 0.29) is 11.2 Å². The van der Waals surface area contributed by atoms with E-state index in [1.807, 2.05) is 26.2 Å². The van der Waals surface area contributed by atoms with Gasteiger partial charge in [0.05, 0.1) is 12.2 Å². The summed E-state index contributed by atoms with van der Waals surface area (Å²) in [5.74, 6) is 1.33. The Kier molecular flexibility index (Phi) is 5.25. The first-order valence-corrected chi connectivity index (χ1v) is 8.92. The van der Waals surface area contributed by atoms with Crippen LogP contribution in [0.5, 0.6) is 0 Å². The molecule has 0 aliphatic heterocycles. The van der Waals surface area contributed by atoms with Gasteiger partial charge in [-0.2, -0.15) is 0 Å². The fourth-order valence-corrected chi connectivity index (χ4v) is 3.67. The Balaban J connectivity index is 1.53. The maximum atomic E-state index is 13.7. The molecule has 2 atom stereocenters. The number of benzene rings is 1. The van der Waals surface area contributed by atoms with Crippen molar-refractivity contribution in [2.24, 2.45) is 11.3 Å². The van der Waals surface area contributed by atoms with Crippen molar-refractivity contribution in [3.63, 3.8) is 0 Å². The third kappa shape index (κ3) is 4.10. The number of hydrogen-bond donors (Lipinski definition) is 1. The third-order valence-corrected chi connectivity index (χ3v) is 5.50. The van der Waals surface area contributed by atoms with Crippen LogP contribution in [0.2, 0.25) is 0 Å². The molecule has 1 aliphatic rings. The molecule has 1 fully saturated rings. The fraction of sp³-hybridized carbons (Fsp3) is 0.550. The molecule has 0 saturated heterocycles. The standard InChI is InChI=1S/C20H28FN3O/c1-20(2)15(9-16-11-17(25-23-16)13-24(3)4)10-19(20)22-12-14-7-5-6-8-18(14)21/h5-8,11,15,19,22H,9-10,12-13H2,1-4H3/t15-,19+/m1/s1. The van der Waals surface area contributed by atoms with Crippen LogP contribution in [0.3, 0.4) is 0 Å². The first-order chi connectivity index (χ1) is 11.9. The molecule has 1 heterocycles. The highest BCUT2D eigenvalue weighted by molar-refractivity contribution is 5.18. The van der Waals surface area contributed by atoms with Gasteiger partial charge in [0, 0.05) is 24.2 Å². The number of nitrogens with zero attached hydrogens (tertiary/aromatic N) is 2. The number of hydrogen-bond acceptors (Lipinski definition) is 4. The summed E-state index contributed by atoms with van der Waals surface area (Å²) in [5, 5.41) is 7.74.